The van der Waals surface area contributed by atoms with Crippen molar-refractivity contribution < 1.29 is 27.9 Å². The van der Waals surface area contributed by atoms with Crippen LogP contribution < -0.4 is 19.5 Å². The lowest BCUT2D eigenvalue weighted by Crippen LogP contribution is -2.30. The zero-order valence-electron chi connectivity index (χ0n) is 19.8. The minimum Gasteiger partial charge on any atom is -0.496 e. The molecule has 4 aromatic rings. The summed E-state index contributed by atoms with van der Waals surface area (Å²) < 4.78 is 46.9. The third-order valence-electron chi connectivity index (χ3n) is 5.71. The van der Waals surface area contributed by atoms with E-state index < -0.39 is 27.7 Å². The minimum atomic E-state index is -2.88. The standard InChI is InChI=1S/C25H24FN5O5S/c1-34-22-11-16(31-37(2,33)17-5-7-27-8-6-17)10-19-24(22)25(29-14-28-19)30-18-4-3-15(26)9-21(18)36-23-13-35-12-20(23)32/h3-11,14,20,23,32H,2,12-13H2,1H3,(H,31,33)(H,28,29,30). The van der Waals surface area contributed by atoms with Gasteiger partial charge < -0.3 is 29.4 Å². The zero-order valence-corrected chi connectivity index (χ0v) is 20.6. The molecule has 0 aliphatic carbocycles. The Labute approximate surface area is 212 Å². The number of aliphatic hydroxyl groups is 1. The first-order valence-electron chi connectivity index (χ1n) is 11.2. The van der Waals surface area contributed by atoms with Gasteiger partial charge in [0, 0.05) is 24.5 Å². The van der Waals surface area contributed by atoms with E-state index in [4.69, 9.17) is 14.2 Å². The second kappa shape index (κ2) is 10.2. The summed E-state index contributed by atoms with van der Waals surface area (Å²) in [5.41, 5.74) is 1.39. The van der Waals surface area contributed by atoms with Crippen molar-refractivity contribution in [2.75, 3.05) is 30.4 Å². The van der Waals surface area contributed by atoms with Crippen LogP contribution in [-0.2, 0) is 14.4 Å². The summed E-state index contributed by atoms with van der Waals surface area (Å²) >= 11 is 0. The number of pyridine rings is 1. The molecule has 0 bridgehead atoms. The molecule has 3 unspecified atom stereocenters. The Balaban J connectivity index is 1.50. The Bertz CT molecular complexity index is 1540. The summed E-state index contributed by atoms with van der Waals surface area (Å²) in [6, 6.07) is 10.6. The summed E-state index contributed by atoms with van der Waals surface area (Å²) in [4.78, 5) is 13.1. The highest BCUT2D eigenvalue weighted by atomic mass is 32.2. The number of halogens is 1. The van der Waals surface area contributed by atoms with E-state index in [1.807, 2.05) is 0 Å². The molecule has 2 aromatic heterocycles. The van der Waals surface area contributed by atoms with Gasteiger partial charge in [0.15, 0.2) is 6.10 Å². The van der Waals surface area contributed by atoms with E-state index in [0.717, 1.165) is 0 Å². The second-order valence-electron chi connectivity index (χ2n) is 8.28. The molecule has 1 saturated heterocycles. The van der Waals surface area contributed by atoms with E-state index in [1.54, 1.807) is 36.7 Å². The van der Waals surface area contributed by atoms with E-state index in [0.29, 0.717) is 38.7 Å². The Morgan fingerprint density at radius 2 is 1.95 bits per heavy atom. The van der Waals surface area contributed by atoms with Crippen LogP contribution in [0.1, 0.15) is 0 Å². The minimum absolute atomic E-state index is 0.146. The van der Waals surface area contributed by atoms with E-state index in [9.17, 15) is 13.7 Å². The van der Waals surface area contributed by atoms with Crippen LogP contribution in [-0.4, -0.2) is 62.7 Å². The zero-order chi connectivity index (χ0) is 26.0. The molecule has 0 saturated carbocycles. The molecule has 1 fully saturated rings. The third-order valence-corrected chi connectivity index (χ3v) is 7.31. The largest absolute Gasteiger partial charge is 0.496 e. The van der Waals surface area contributed by atoms with E-state index in [2.05, 4.69) is 30.9 Å². The van der Waals surface area contributed by atoms with Crippen molar-refractivity contribution >= 4 is 43.7 Å². The number of methoxy groups -OCH3 is 1. The topological polar surface area (TPSA) is 128 Å². The molecular formula is C25H24FN5O5S. The molecule has 37 heavy (non-hydrogen) atoms. The van der Waals surface area contributed by atoms with Crippen molar-refractivity contribution in [1.29, 1.82) is 0 Å². The van der Waals surface area contributed by atoms with Gasteiger partial charge in [0.05, 0.1) is 57.2 Å². The highest BCUT2D eigenvalue weighted by Gasteiger charge is 2.29. The number of hydrogen-bond acceptors (Lipinski definition) is 9. The van der Waals surface area contributed by atoms with Gasteiger partial charge in [-0.25, -0.2) is 18.6 Å². The van der Waals surface area contributed by atoms with Crippen molar-refractivity contribution in [3.8, 4) is 11.5 Å². The smallest absolute Gasteiger partial charge is 0.150 e. The molecule has 192 valence electrons. The number of anilines is 3. The fourth-order valence-electron chi connectivity index (χ4n) is 3.90. The Kier molecular flexibility index (Phi) is 6.78. The first kappa shape index (κ1) is 24.7. The second-order valence-corrected chi connectivity index (χ2v) is 10.3. The monoisotopic (exact) mass is 525 g/mol. The van der Waals surface area contributed by atoms with Gasteiger partial charge >= 0.3 is 0 Å². The lowest BCUT2D eigenvalue weighted by molar-refractivity contribution is 0.0736. The molecular weight excluding hydrogens is 501 g/mol. The van der Waals surface area contributed by atoms with Crippen molar-refractivity contribution in [2.45, 2.75) is 17.1 Å². The van der Waals surface area contributed by atoms with Crippen LogP contribution in [0.2, 0.25) is 0 Å². The molecule has 3 atom stereocenters. The number of nitrogens with zero attached hydrogens (tertiary/aromatic N) is 3. The molecule has 1 aliphatic rings. The summed E-state index contributed by atoms with van der Waals surface area (Å²) in [6.07, 6.45) is 2.99. The number of aromatic nitrogens is 3. The summed E-state index contributed by atoms with van der Waals surface area (Å²) in [6.45, 7) is 0.333. The molecule has 5 rings (SSSR count). The van der Waals surface area contributed by atoms with Gasteiger partial charge in [-0.15, -0.1) is 0 Å². The lowest BCUT2D eigenvalue weighted by Gasteiger charge is -2.20. The number of nitrogens with one attached hydrogen (secondary N) is 2. The average molecular weight is 526 g/mol. The summed E-state index contributed by atoms with van der Waals surface area (Å²) in [5, 5.41) is 13.7. The van der Waals surface area contributed by atoms with Gasteiger partial charge in [0.2, 0.25) is 0 Å². The van der Waals surface area contributed by atoms with E-state index in [-0.39, 0.29) is 19.0 Å². The van der Waals surface area contributed by atoms with E-state index >= 15 is 0 Å². The molecule has 10 nitrogen and oxygen atoms in total. The number of aliphatic hydroxyl groups excluding tert-OH is 1. The number of fused-ring (bicyclic) bond motifs is 1. The van der Waals surface area contributed by atoms with Crippen LogP contribution in [0.3, 0.4) is 0 Å². The quantitative estimate of drug-likeness (QED) is 0.297. The molecule has 0 amide bonds. The first-order valence-corrected chi connectivity index (χ1v) is 12.9. The fraction of sp³-hybridized carbons (Fsp3) is 0.200. The maximum absolute atomic E-state index is 14.0. The molecule has 2 aromatic carbocycles. The first-order chi connectivity index (χ1) is 17.8. The SMILES string of the molecule is C=S(=O)(Nc1cc(OC)c2c(Nc3ccc(F)cc3OC3COCC3O)ncnc2c1)c1ccncc1. The number of rotatable bonds is 8. The van der Waals surface area contributed by atoms with Crippen LogP contribution >= 0.6 is 0 Å². The normalized spacial score (nSPS) is 18.8. The number of ether oxygens (including phenoxy) is 3. The van der Waals surface area contributed by atoms with Crippen LogP contribution in [0.4, 0.5) is 21.6 Å². The molecule has 12 heteroatoms. The number of benzene rings is 2. The highest BCUT2D eigenvalue weighted by molar-refractivity contribution is 8.01. The van der Waals surface area contributed by atoms with Crippen LogP contribution in [0.25, 0.3) is 10.9 Å². The molecule has 3 N–H and O–H groups in total. The van der Waals surface area contributed by atoms with Gasteiger partial charge in [-0.1, -0.05) is 0 Å². The van der Waals surface area contributed by atoms with Crippen molar-refractivity contribution in [3.63, 3.8) is 0 Å². The van der Waals surface area contributed by atoms with Gasteiger partial charge in [-0.3, -0.25) is 4.98 Å². The van der Waals surface area contributed by atoms with Crippen LogP contribution in [0.5, 0.6) is 11.5 Å². The van der Waals surface area contributed by atoms with Crippen LogP contribution in [0, 0.1) is 5.82 Å². The molecule has 3 heterocycles. The predicted octanol–water partition coefficient (Wildman–Crippen LogP) is 3.16. The highest BCUT2D eigenvalue weighted by Crippen LogP contribution is 2.37. The maximum atomic E-state index is 14.0. The average Bonchev–Trinajstić information content (AvgIpc) is 3.29. The molecule has 1 aliphatic heterocycles. The van der Waals surface area contributed by atoms with Crippen LogP contribution in [0.15, 0.2) is 66.1 Å². The lowest BCUT2D eigenvalue weighted by atomic mass is 10.2. The van der Waals surface area contributed by atoms with Gasteiger partial charge in [0.1, 0.15) is 35.6 Å². The molecule has 0 spiro atoms. The molecule has 0 radical (unpaired) electrons. The predicted molar refractivity (Wildman–Crippen MR) is 138 cm³/mol. The fourth-order valence-corrected chi connectivity index (χ4v) is 5.08. The Morgan fingerprint density at radius 1 is 1.14 bits per heavy atom. The summed E-state index contributed by atoms with van der Waals surface area (Å²) in [5.74, 6) is 4.30. The van der Waals surface area contributed by atoms with Gasteiger partial charge in [-0.2, -0.15) is 0 Å². The Hall–Kier alpha value is -4.00. The van der Waals surface area contributed by atoms with Crippen molar-refractivity contribution in [1.82, 2.24) is 15.0 Å². The Morgan fingerprint density at radius 3 is 2.68 bits per heavy atom. The van der Waals surface area contributed by atoms with Gasteiger partial charge in [-0.05, 0) is 36.2 Å². The maximum Gasteiger partial charge on any atom is 0.150 e. The summed E-state index contributed by atoms with van der Waals surface area (Å²) in [7, 11) is -1.39. The van der Waals surface area contributed by atoms with E-state index in [1.165, 1.54) is 31.6 Å². The third kappa shape index (κ3) is 5.26. The number of hydrogen-bond donors (Lipinski definition) is 3. The van der Waals surface area contributed by atoms with Crippen molar-refractivity contribution in [2.24, 2.45) is 0 Å². The van der Waals surface area contributed by atoms with Crippen molar-refractivity contribution in [3.05, 3.63) is 67.0 Å². The van der Waals surface area contributed by atoms with Gasteiger partial charge in [0.25, 0.3) is 0 Å².